The van der Waals surface area contributed by atoms with Gasteiger partial charge in [0.15, 0.2) is 0 Å². The number of rotatable bonds is 4. The number of likely N-dealkylation sites (tertiary alicyclic amines) is 1. The average Bonchev–Trinajstić information content (AvgIpc) is 2.73. The van der Waals surface area contributed by atoms with E-state index in [4.69, 9.17) is 16.9 Å². The zero-order valence-corrected chi connectivity index (χ0v) is 16.0. The summed E-state index contributed by atoms with van der Waals surface area (Å²) in [6.45, 7) is 1.09. The molecule has 1 saturated heterocycles. The number of nitrogens with one attached hydrogen (secondary N) is 1. The highest BCUT2D eigenvalue weighted by atomic mass is 35.5. The second-order valence-electron chi connectivity index (χ2n) is 6.64. The molecule has 2 aromatic carbocycles. The van der Waals surface area contributed by atoms with Crippen LogP contribution in [0.3, 0.4) is 0 Å². The fourth-order valence-electron chi connectivity index (χ4n) is 3.13. The summed E-state index contributed by atoms with van der Waals surface area (Å²) in [6, 6.07) is 16.5. The number of amides is 2. The Morgan fingerprint density at radius 1 is 1.14 bits per heavy atom. The molecule has 0 aromatic heterocycles. The normalized spacial score (nSPS) is 14.6. The van der Waals surface area contributed by atoms with Crippen molar-refractivity contribution in [3.8, 4) is 6.07 Å². The Labute approximate surface area is 169 Å². The van der Waals surface area contributed by atoms with Crippen molar-refractivity contribution < 1.29 is 9.59 Å². The molecule has 6 heteroatoms. The molecule has 2 aromatic rings. The minimum absolute atomic E-state index is 0.0402. The molecule has 0 atom stereocenters. The van der Waals surface area contributed by atoms with E-state index in [1.807, 2.05) is 36.4 Å². The fraction of sp³-hybridized carbons (Fsp3) is 0.227. The number of carbonyl (C=O) groups is 2. The number of nitriles is 1. The van der Waals surface area contributed by atoms with Crippen molar-refractivity contribution in [2.24, 2.45) is 5.92 Å². The van der Waals surface area contributed by atoms with Crippen LogP contribution in [0.1, 0.15) is 24.0 Å². The summed E-state index contributed by atoms with van der Waals surface area (Å²) in [7, 11) is 0. The average molecular weight is 394 g/mol. The van der Waals surface area contributed by atoms with Crippen LogP contribution >= 0.6 is 11.6 Å². The van der Waals surface area contributed by atoms with Gasteiger partial charge in [-0.05, 0) is 42.7 Å². The monoisotopic (exact) mass is 393 g/mol. The van der Waals surface area contributed by atoms with E-state index in [1.165, 1.54) is 0 Å². The van der Waals surface area contributed by atoms with Crippen molar-refractivity contribution in [1.29, 1.82) is 5.26 Å². The van der Waals surface area contributed by atoms with Gasteiger partial charge in [-0.3, -0.25) is 9.59 Å². The molecule has 0 aliphatic carbocycles. The van der Waals surface area contributed by atoms with Crippen molar-refractivity contribution in [3.05, 3.63) is 70.8 Å². The second-order valence-corrected chi connectivity index (χ2v) is 7.05. The number of hydrogen-bond donors (Lipinski definition) is 1. The summed E-state index contributed by atoms with van der Waals surface area (Å²) in [6.07, 6.45) is 4.60. The first-order chi connectivity index (χ1) is 13.6. The van der Waals surface area contributed by atoms with E-state index in [0.29, 0.717) is 42.2 Å². The van der Waals surface area contributed by atoms with E-state index < -0.39 is 0 Å². The minimum Gasteiger partial charge on any atom is -0.339 e. The molecule has 1 fully saturated rings. The van der Waals surface area contributed by atoms with Gasteiger partial charge in [0.05, 0.1) is 10.6 Å². The van der Waals surface area contributed by atoms with Gasteiger partial charge in [-0.1, -0.05) is 41.9 Å². The lowest BCUT2D eigenvalue weighted by atomic mass is 9.95. The van der Waals surface area contributed by atoms with E-state index in [0.717, 1.165) is 5.56 Å². The Hall–Kier alpha value is -3.10. The Morgan fingerprint density at radius 2 is 1.86 bits per heavy atom. The van der Waals surface area contributed by atoms with Crippen molar-refractivity contribution >= 4 is 35.2 Å². The van der Waals surface area contributed by atoms with Crippen molar-refractivity contribution in [3.63, 3.8) is 0 Å². The van der Waals surface area contributed by atoms with Gasteiger partial charge in [-0.2, -0.15) is 5.26 Å². The van der Waals surface area contributed by atoms with Gasteiger partial charge in [-0.25, -0.2) is 0 Å². The van der Waals surface area contributed by atoms with Crippen LogP contribution < -0.4 is 5.32 Å². The molecule has 3 rings (SSSR count). The van der Waals surface area contributed by atoms with Gasteiger partial charge < -0.3 is 10.2 Å². The minimum atomic E-state index is -0.156. The first-order valence-corrected chi connectivity index (χ1v) is 9.47. The van der Waals surface area contributed by atoms with Gasteiger partial charge in [0.1, 0.15) is 6.07 Å². The highest BCUT2D eigenvalue weighted by Gasteiger charge is 2.26. The van der Waals surface area contributed by atoms with Crippen LogP contribution in [-0.2, 0) is 9.59 Å². The van der Waals surface area contributed by atoms with Gasteiger partial charge in [0.2, 0.25) is 11.8 Å². The molecule has 1 N–H and O–H groups in total. The first kappa shape index (κ1) is 19.7. The standard InChI is InChI=1S/C22H20ClN3O2/c23-20-14-19(8-7-18(20)15-24)25-22(28)17-10-12-26(13-11-17)21(27)9-6-16-4-2-1-3-5-16/h1-9,14,17H,10-13H2,(H,25,28). The summed E-state index contributed by atoms with van der Waals surface area (Å²) >= 11 is 6.00. The second kappa shape index (κ2) is 9.20. The van der Waals surface area contributed by atoms with Crippen molar-refractivity contribution in [2.75, 3.05) is 18.4 Å². The lowest BCUT2D eigenvalue weighted by Crippen LogP contribution is -2.40. The number of benzene rings is 2. The third kappa shape index (κ3) is 4.99. The van der Waals surface area contributed by atoms with Crippen LogP contribution in [0, 0.1) is 17.2 Å². The van der Waals surface area contributed by atoms with Gasteiger partial charge >= 0.3 is 0 Å². The maximum Gasteiger partial charge on any atom is 0.246 e. The Morgan fingerprint density at radius 3 is 2.50 bits per heavy atom. The number of anilines is 1. The topological polar surface area (TPSA) is 73.2 Å². The molecule has 1 aliphatic rings. The molecule has 5 nitrogen and oxygen atoms in total. The summed E-state index contributed by atoms with van der Waals surface area (Å²) in [5.74, 6) is -0.286. The number of piperidine rings is 1. The maximum atomic E-state index is 12.5. The molecule has 0 unspecified atom stereocenters. The van der Waals surface area contributed by atoms with Crippen LogP contribution in [0.4, 0.5) is 5.69 Å². The quantitative estimate of drug-likeness (QED) is 0.794. The van der Waals surface area contributed by atoms with Gasteiger partial charge in [0.25, 0.3) is 0 Å². The third-order valence-corrected chi connectivity index (χ3v) is 5.07. The lowest BCUT2D eigenvalue weighted by Gasteiger charge is -2.30. The highest BCUT2D eigenvalue weighted by Crippen LogP contribution is 2.23. The summed E-state index contributed by atoms with van der Waals surface area (Å²) in [5.41, 5.74) is 1.92. The van der Waals surface area contributed by atoms with Crippen LogP contribution in [0.2, 0.25) is 5.02 Å². The van der Waals surface area contributed by atoms with E-state index in [2.05, 4.69) is 5.32 Å². The number of nitrogens with zero attached hydrogens (tertiary/aromatic N) is 2. The SMILES string of the molecule is N#Cc1ccc(NC(=O)C2CCN(C(=O)C=Cc3ccccc3)CC2)cc1Cl. The lowest BCUT2D eigenvalue weighted by molar-refractivity contribution is -0.130. The number of carbonyl (C=O) groups excluding carboxylic acids is 2. The van der Waals surface area contributed by atoms with E-state index in [1.54, 1.807) is 35.3 Å². The molecule has 0 bridgehead atoms. The molecule has 0 spiro atoms. The third-order valence-electron chi connectivity index (χ3n) is 4.75. The van der Waals surface area contributed by atoms with Crippen molar-refractivity contribution in [2.45, 2.75) is 12.8 Å². The first-order valence-electron chi connectivity index (χ1n) is 9.09. The van der Waals surface area contributed by atoms with Crippen LogP contribution in [0.25, 0.3) is 6.08 Å². The highest BCUT2D eigenvalue weighted by molar-refractivity contribution is 6.32. The van der Waals surface area contributed by atoms with Crippen LogP contribution in [0.15, 0.2) is 54.6 Å². The van der Waals surface area contributed by atoms with Crippen molar-refractivity contribution in [1.82, 2.24) is 4.90 Å². The van der Waals surface area contributed by atoms with E-state index in [9.17, 15) is 9.59 Å². The molecule has 0 radical (unpaired) electrons. The molecule has 28 heavy (non-hydrogen) atoms. The number of halogens is 1. The molecular weight excluding hydrogens is 374 g/mol. The Bertz CT molecular complexity index is 927. The smallest absolute Gasteiger partial charge is 0.246 e. The largest absolute Gasteiger partial charge is 0.339 e. The Balaban J connectivity index is 1.51. The Kier molecular flexibility index (Phi) is 6.46. The molecule has 0 saturated carbocycles. The summed E-state index contributed by atoms with van der Waals surface area (Å²) < 4.78 is 0. The van der Waals surface area contributed by atoms with E-state index in [-0.39, 0.29) is 17.7 Å². The number of hydrogen-bond acceptors (Lipinski definition) is 3. The summed E-state index contributed by atoms with van der Waals surface area (Å²) in [5, 5.41) is 12.1. The molecule has 1 heterocycles. The van der Waals surface area contributed by atoms with Crippen LogP contribution in [-0.4, -0.2) is 29.8 Å². The molecule has 142 valence electrons. The zero-order chi connectivity index (χ0) is 19.9. The molecule has 2 amide bonds. The van der Waals surface area contributed by atoms with E-state index >= 15 is 0 Å². The fourth-order valence-corrected chi connectivity index (χ4v) is 3.35. The van der Waals surface area contributed by atoms with Crippen LogP contribution in [0.5, 0.6) is 0 Å². The molecular formula is C22H20ClN3O2. The maximum absolute atomic E-state index is 12.5. The van der Waals surface area contributed by atoms with Gasteiger partial charge in [0, 0.05) is 30.8 Å². The zero-order valence-electron chi connectivity index (χ0n) is 15.3. The predicted octanol–water partition coefficient (Wildman–Crippen LogP) is 4.10. The predicted molar refractivity (Wildman–Crippen MR) is 110 cm³/mol. The molecule has 1 aliphatic heterocycles. The van der Waals surface area contributed by atoms with Gasteiger partial charge in [-0.15, -0.1) is 0 Å². The summed E-state index contributed by atoms with van der Waals surface area (Å²) in [4.78, 5) is 26.6.